The molecule has 0 fully saturated rings. The minimum Gasteiger partial charge on any atom is -0.493 e. The second kappa shape index (κ2) is 11.6. The molecule has 1 aromatic heterocycles. The summed E-state index contributed by atoms with van der Waals surface area (Å²) in [5, 5.41) is 2.99. The zero-order valence-corrected chi connectivity index (χ0v) is 21.3. The standard InChI is InChI=1S/C29H33N3O4/c1-20-11-13-23(18-21(20)2)36-17-16-32-25-9-6-5-8-24(25)31-28(32)10-7-15-30-29(33)22-12-14-26(34-3)27(19-22)35-4/h5-6,8-9,11-14,18-19H,7,10,15-17H2,1-4H3,(H,30,33). The lowest BCUT2D eigenvalue weighted by molar-refractivity contribution is 0.0952. The van der Waals surface area contributed by atoms with Crippen LogP contribution in [0.5, 0.6) is 17.2 Å². The first-order valence-corrected chi connectivity index (χ1v) is 12.1. The molecule has 1 heterocycles. The number of carbonyl (C=O) groups excluding carboxylic acids is 1. The average Bonchev–Trinajstić information content (AvgIpc) is 3.25. The summed E-state index contributed by atoms with van der Waals surface area (Å²) < 4.78 is 18.8. The van der Waals surface area contributed by atoms with Crippen molar-refractivity contribution < 1.29 is 19.0 Å². The monoisotopic (exact) mass is 487 g/mol. The fourth-order valence-corrected chi connectivity index (χ4v) is 4.15. The third-order valence-corrected chi connectivity index (χ3v) is 6.30. The second-order valence-corrected chi connectivity index (χ2v) is 8.69. The van der Waals surface area contributed by atoms with Gasteiger partial charge in [-0.1, -0.05) is 18.2 Å². The summed E-state index contributed by atoms with van der Waals surface area (Å²) in [7, 11) is 3.12. The highest BCUT2D eigenvalue weighted by Gasteiger charge is 2.13. The first-order chi connectivity index (χ1) is 17.5. The molecule has 0 bridgehead atoms. The van der Waals surface area contributed by atoms with E-state index in [4.69, 9.17) is 19.2 Å². The Morgan fingerprint density at radius 2 is 1.75 bits per heavy atom. The zero-order valence-electron chi connectivity index (χ0n) is 21.3. The summed E-state index contributed by atoms with van der Waals surface area (Å²) in [6, 6.07) is 19.4. The molecule has 4 aromatic rings. The van der Waals surface area contributed by atoms with Crippen LogP contribution in [-0.2, 0) is 13.0 Å². The van der Waals surface area contributed by atoms with Gasteiger partial charge in [0.05, 0.1) is 31.8 Å². The number of hydrogen-bond acceptors (Lipinski definition) is 5. The molecule has 0 unspecified atom stereocenters. The molecule has 0 atom stereocenters. The number of amides is 1. The molecule has 0 aliphatic carbocycles. The lowest BCUT2D eigenvalue weighted by atomic mass is 10.1. The molecule has 3 aromatic carbocycles. The van der Waals surface area contributed by atoms with Crippen LogP contribution in [0.1, 0.15) is 33.7 Å². The third-order valence-electron chi connectivity index (χ3n) is 6.30. The number of rotatable bonds is 11. The number of nitrogens with zero attached hydrogens (tertiary/aromatic N) is 2. The summed E-state index contributed by atoms with van der Waals surface area (Å²) in [5.74, 6) is 2.84. The first-order valence-electron chi connectivity index (χ1n) is 12.1. The number of methoxy groups -OCH3 is 2. The molecule has 7 nitrogen and oxygen atoms in total. The number of imidazole rings is 1. The van der Waals surface area contributed by atoms with E-state index in [1.165, 1.54) is 11.1 Å². The van der Waals surface area contributed by atoms with Gasteiger partial charge in [-0.15, -0.1) is 0 Å². The van der Waals surface area contributed by atoms with Crippen molar-refractivity contribution in [3.8, 4) is 17.2 Å². The molecule has 188 valence electrons. The van der Waals surface area contributed by atoms with E-state index in [9.17, 15) is 4.79 Å². The van der Waals surface area contributed by atoms with Gasteiger partial charge >= 0.3 is 0 Å². The number of nitrogens with one attached hydrogen (secondary N) is 1. The van der Waals surface area contributed by atoms with Crippen molar-refractivity contribution in [2.75, 3.05) is 27.4 Å². The minimum atomic E-state index is -0.147. The maximum Gasteiger partial charge on any atom is 0.251 e. The van der Waals surface area contributed by atoms with Crippen molar-refractivity contribution in [1.29, 1.82) is 0 Å². The van der Waals surface area contributed by atoms with Gasteiger partial charge in [0.1, 0.15) is 18.2 Å². The molecule has 0 saturated carbocycles. The van der Waals surface area contributed by atoms with Crippen molar-refractivity contribution in [2.45, 2.75) is 33.2 Å². The molecule has 7 heteroatoms. The Kier molecular flexibility index (Phi) is 8.10. The molecule has 4 rings (SSSR count). The second-order valence-electron chi connectivity index (χ2n) is 8.69. The molecule has 1 amide bonds. The van der Waals surface area contributed by atoms with Crippen LogP contribution in [0.15, 0.2) is 60.7 Å². The van der Waals surface area contributed by atoms with E-state index < -0.39 is 0 Å². The number of hydrogen-bond donors (Lipinski definition) is 1. The number of para-hydroxylation sites is 2. The summed E-state index contributed by atoms with van der Waals surface area (Å²) in [5.41, 5.74) is 5.06. The molecule has 0 spiro atoms. The van der Waals surface area contributed by atoms with Gasteiger partial charge in [0.25, 0.3) is 5.91 Å². The van der Waals surface area contributed by atoms with E-state index in [2.05, 4.69) is 41.9 Å². The van der Waals surface area contributed by atoms with Crippen LogP contribution in [0.2, 0.25) is 0 Å². The van der Waals surface area contributed by atoms with Gasteiger partial charge in [-0.05, 0) is 73.9 Å². The van der Waals surface area contributed by atoms with Gasteiger partial charge in [0.15, 0.2) is 11.5 Å². The van der Waals surface area contributed by atoms with E-state index in [-0.39, 0.29) is 5.91 Å². The molecule has 1 N–H and O–H groups in total. The molecule has 36 heavy (non-hydrogen) atoms. The number of benzene rings is 3. The van der Waals surface area contributed by atoms with Gasteiger partial charge in [-0.3, -0.25) is 4.79 Å². The Morgan fingerprint density at radius 3 is 2.53 bits per heavy atom. The predicted octanol–water partition coefficient (Wildman–Crippen LogP) is 5.11. The summed E-state index contributed by atoms with van der Waals surface area (Å²) >= 11 is 0. The maximum atomic E-state index is 12.6. The van der Waals surface area contributed by atoms with E-state index >= 15 is 0 Å². The SMILES string of the molecule is COc1ccc(C(=O)NCCCc2nc3ccccc3n2CCOc2ccc(C)c(C)c2)cc1OC. The van der Waals surface area contributed by atoms with Crippen molar-refractivity contribution in [3.05, 3.63) is 83.2 Å². The first kappa shape index (κ1) is 25.1. The smallest absolute Gasteiger partial charge is 0.251 e. The Hall–Kier alpha value is -4.00. The summed E-state index contributed by atoms with van der Waals surface area (Å²) in [6.45, 7) is 5.97. The van der Waals surface area contributed by atoms with Gasteiger partial charge in [0, 0.05) is 18.5 Å². The number of ether oxygens (including phenoxy) is 3. The fourth-order valence-electron chi connectivity index (χ4n) is 4.15. The lowest BCUT2D eigenvalue weighted by Crippen LogP contribution is -2.25. The van der Waals surface area contributed by atoms with Gasteiger partial charge in [-0.25, -0.2) is 4.98 Å². The summed E-state index contributed by atoms with van der Waals surface area (Å²) in [4.78, 5) is 17.5. The Bertz CT molecular complexity index is 1350. The highest BCUT2D eigenvalue weighted by molar-refractivity contribution is 5.94. The third kappa shape index (κ3) is 5.79. The molecule has 0 aliphatic heterocycles. The molecule has 0 aliphatic rings. The fraction of sp³-hybridized carbons (Fsp3) is 0.310. The maximum absolute atomic E-state index is 12.6. The lowest BCUT2D eigenvalue weighted by Gasteiger charge is -2.12. The predicted molar refractivity (Wildman–Crippen MR) is 141 cm³/mol. The van der Waals surface area contributed by atoms with Crippen LogP contribution in [0, 0.1) is 13.8 Å². The van der Waals surface area contributed by atoms with Crippen molar-refractivity contribution in [3.63, 3.8) is 0 Å². The minimum absolute atomic E-state index is 0.147. The largest absolute Gasteiger partial charge is 0.493 e. The van der Waals surface area contributed by atoms with Crippen molar-refractivity contribution >= 4 is 16.9 Å². The highest BCUT2D eigenvalue weighted by Crippen LogP contribution is 2.27. The van der Waals surface area contributed by atoms with Crippen molar-refractivity contribution in [2.24, 2.45) is 0 Å². The van der Waals surface area contributed by atoms with E-state index in [1.54, 1.807) is 32.4 Å². The van der Waals surface area contributed by atoms with Crippen LogP contribution < -0.4 is 19.5 Å². The van der Waals surface area contributed by atoms with Gasteiger partial charge in [-0.2, -0.15) is 0 Å². The van der Waals surface area contributed by atoms with Crippen LogP contribution >= 0.6 is 0 Å². The molecule has 0 saturated heterocycles. The zero-order chi connectivity index (χ0) is 25.5. The van der Waals surface area contributed by atoms with Crippen LogP contribution in [0.25, 0.3) is 11.0 Å². The number of aromatic nitrogens is 2. The van der Waals surface area contributed by atoms with Crippen LogP contribution in [0.3, 0.4) is 0 Å². The normalized spacial score (nSPS) is 10.9. The van der Waals surface area contributed by atoms with Crippen molar-refractivity contribution in [1.82, 2.24) is 14.9 Å². The van der Waals surface area contributed by atoms with Gasteiger partial charge < -0.3 is 24.1 Å². The summed E-state index contributed by atoms with van der Waals surface area (Å²) in [6.07, 6.45) is 1.50. The molecular formula is C29H33N3O4. The molecular weight excluding hydrogens is 454 g/mol. The average molecular weight is 488 g/mol. The van der Waals surface area contributed by atoms with Gasteiger partial charge in [0.2, 0.25) is 0 Å². The van der Waals surface area contributed by atoms with E-state index in [0.717, 1.165) is 35.4 Å². The number of fused-ring (bicyclic) bond motifs is 1. The Morgan fingerprint density at radius 1 is 0.944 bits per heavy atom. The van der Waals surface area contributed by atoms with E-state index in [1.807, 2.05) is 24.3 Å². The number of aryl methyl sites for hydroxylation is 3. The topological polar surface area (TPSA) is 74.6 Å². The Labute approximate surface area is 212 Å². The highest BCUT2D eigenvalue weighted by atomic mass is 16.5. The van der Waals surface area contributed by atoms with Crippen LogP contribution in [0.4, 0.5) is 0 Å². The quantitative estimate of drug-likeness (QED) is 0.298. The van der Waals surface area contributed by atoms with Crippen LogP contribution in [-0.4, -0.2) is 42.8 Å². The van der Waals surface area contributed by atoms with E-state index in [0.29, 0.717) is 36.8 Å². The number of carbonyl (C=O) groups is 1. The molecule has 0 radical (unpaired) electrons. The Balaban J connectivity index is 1.36.